The van der Waals surface area contributed by atoms with Gasteiger partial charge in [0.15, 0.2) is 5.82 Å². The molecule has 110 valence electrons. The Morgan fingerprint density at radius 1 is 1.45 bits per heavy atom. The lowest BCUT2D eigenvalue weighted by Crippen LogP contribution is -2.33. The van der Waals surface area contributed by atoms with E-state index in [1.807, 2.05) is 25.8 Å². The maximum atomic E-state index is 7.79. The van der Waals surface area contributed by atoms with E-state index < -0.39 is 0 Å². The number of amidine groups is 1. The number of rotatable bonds is 4. The molecule has 20 heavy (non-hydrogen) atoms. The second kappa shape index (κ2) is 6.17. The van der Waals surface area contributed by atoms with E-state index in [2.05, 4.69) is 10.2 Å². The van der Waals surface area contributed by atoms with E-state index >= 15 is 0 Å². The van der Waals surface area contributed by atoms with E-state index in [0.29, 0.717) is 17.3 Å². The third-order valence-corrected chi connectivity index (χ3v) is 3.85. The minimum Gasteiger partial charge on any atom is -0.384 e. The molecule has 6 heteroatoms. The van der Waals surface area contributed by atoms with Crippen LogP contribution in [0.5, 0.6) is 0 Å². The first-order valence-electron chi connectivity index (χ1n) is 6.98. The van der Waals surface area contributed by atoms with Crippen LogP contribution in [0.4, 0.5) is 5.82 Å². The fourth-order valence-electron chi connectivity index (χ4n) is 2.61. The molecule has 3 N–H and O–H groups in total. The van der Waals surface area contributed by atoms with Gasteiger partial charge in [-0.3, -0.25) is 5.41 Å². The van der Waals surface area contributed by atoms with Crippen LogP contribution in [0.1, 0.15) is 29.7 Å². The van der Waals surface area contributed by atoms with Crippen LogP contribution in [0.3, 0.4) is 0 Å². The highest BCUT2D eigenvalue weighted by atomic mass is 16.5. The molecule has 0 aromatic carbocycles. The van der Waals surface area contributed by atoms with E-state index in [1.54, 1.807) is 0 Å². The molecule has 0 spiro atoms. The van der Waals surface area contributed by atoms with Gasteiger partial charge >= 0.3 is 0 Å². The van der Waals surface area contributed by atoms with Gasteiger partial charge in [-0.2, -0.15) is 5.10 Å². The average molecular weight is 277 g/mol. The van der Waals surface area contributed by atoms with Crippen molar-refractivity contribution >= 4 is 11.7 Å². The molecule has 2 heterocycles. The number of hydrogen-bond acceptors (Lipinski definition) is 5. The number of nitrogens with one attached hydrogen (secondary N) is 1. The second-order valence-electron chi connectivity index (χ2n) is 5.49. The first-order valence-corrected chi connectivity index (χ1v) is 6.98. The van der Waals surface area contributed by atoms with E-state index in [0.717, 1.165) is 43.9 Å². The highest BCUT2D eigenvalue weighted by molar-refractivity contribution is 6.01. The normalized spacial score (nSPS) is 18.9. The molecule has 1 aliphatic heterocycles. The lowest BCUT2D eigenvalue weighted by atomic mass is 10.0. The molecule has 1 atom stereocenters. The molecule has 1 aliphatic rings. The summed E-state index contributed by atoms with van der Waals surface area (Å²) in [6, 6.07) is 0. The van der Waals surface area contributed by atoms with Crippen molar-refractivity contribution in [1.82, 2.24) is 10.2 Å². The molecular weight excluding hydrogens is 254 g/mol. The second-order valence-corrected chi connectivity index (χ2v) is 5.49. The van der Waals surface area contributed by atoms with Gasteiger partial charge in [0.05, 0.1) is 17.9 Å². The summed E-state index contributed by atoms with van der Waals surface area (Å²) in [5.41, 5.74) is 8.15. The van der Waals surface area contributed by atoms with Gasteiger partial charge in [-0.1, -0.05) is 0 Å². The molecule has 0 amide bonds. The van der Waals surface area contributed by atoms with Gasteiger partial charge in [0.25, 0.3) is 0 Å². The van der Waals surface area contributed by atoms with Gasteiger partial charge in [0, 0.05) is 20.2 Å². The number of nitrogen functional groups attached to an aromatic ring is 1. The summed E-state index contributed by atoms with van der Waals surface area (Å²) in [7, 11) is 1.97. The lowest BCUT2D eigenvalue weighted by molar-refractivity contribution is 0.0576. The van der Waals surface area contributed by atoms with Crippen LogP contribution in [0, 0.1) is 25.2 Å². The van der Waals surface area contributed by atoms with Crippen LogP contribution in [-0.4, -0.2) is 42.8 Å². The third kappa shape index (κ3) is 3.07. The van der Waals surface area contributed by atoms with Gasteiger partial charge in [-0.15, -0.1) is 5.10 Å². The van der Waals surface area contributed by atoms with Gasteiger partial charge in [0.2, 0.25) is 0 Å². The summed E-state index contributed by atoms with van der Waals surface area (Å²) in [4.78, 5) is 2.04. The first kappa shape index (κ1) is 14.7. The zero-order chi connectivity index (χ0) is 14.7. The summed E-state index contributed by atoms with van der Waals surface area (Å²) >= 11 is 0. The van der Waals surface area contributed by atoms with Crippen molar-refractivity contribution in [2.75, 3.05) is 31.7 Å². The summed E-state index contributed by atoms with van der Waals surface area (Å²) < 4.78 is 5.51. The quantitative estimate of drug-likeness (QED) is 0.638. The van der Waals surface area contributed by atoms with Crippen LogP contribution in [0.25, 0.3) is 0 Å². The average Bonchev–Trinajstić information content (AvgIpc) is 2.42. The van der Waals surface area contributed by atoms with Crippen LogP contribution >= 0.6 is 0 Å². The molecule has 0 saturated carbocycles. The highest BCUT2D eigenvalue weighted by Crippen LogP contribution is 2.23. The lowest BCUT2D eigenvalue weighted by Gasteiger charge is -2.28. The van der Waals surface area contributed by atoms with Crippen LogP contribution in [0.2, 0.25) is 0 Å². The first-order chi connectivity index (χ1) is 9.50. The number of nitrogens with zero attached hydrogens (tertiary/aromatic N) is 3. The van der Waals surface area contributed by atoms with Crippen LogP contribution in [0.15, 0.2) is 0 Å². The molecule has 0 aliphatic carbocycles. The predicted octanol–water partition coefficient (Wildman–Crippen LogP) is 1.24. The van der Waals surface area contributed by atoms with Crippen molar-refractivity contribution < 1.29 is 4.74 Å². The van der Waals surface area contributed by atoms with E-state index in [-0.39, 0.29) is 5.84 Å². The Hall–Kier alpha value is -1.69. The summed E-state index contributed by atoms with van der Waals surface area (Å²) in [6.45, 7) is 6.31. The Balaban J connectivity index is 2.22. The largest absolute Gasteiger partial charge is 0.384 e. The molecule has 1 aromatic heterocycles. The van der Waals surface area contributed by atoms with E-state index in [4.69, 9.17) is 15.9 Å². The Labute approximate surface area is 119 Å². The maximum absolute atomic E-state index is 7.79. The number of anilines is 1. The summed E-state index contributed by atoms with van der Waals surface area (Å²) in [6.07, 6.45) is 2.27. The number of aryl methyl sites for hydroxylation is 1. The van der Waals surface area contributed by atoms with Crippen LogP contribution in [-0.2, 0) is 4.74 Å². The molecule has 1 saturated heterocycles. The Morgan fingerprint density at radius 3 is 2.80 bits per heavy atom. The zero-order valence-electron chi connectivity index (χ0n) is 12.4. The molecule has 0 bridgehead atoms. The number of aromatic nitrogens is 2. The third-order valence-electron chi connectivity index (χ3n) is 3.85. The number of ether oxygens (including phenoxy) is 1. The standard InChI is InChI=1S/C14H23N5O/c1-9-10(2)17-18-14(12(9)13(15)16)19(3)7-11-5-4-6-20-8-11/h11H,4-8H2,1-3H3,(H3,15,16). The number of hydrogen-bond donors (Lipinski definition) is 2. The molecular formula is C14H23N5O. The van der Waals surface area contributed by atoms with Crippen molar-refractivity contribution in [2.45, 2.75) is 26.7 Å². The topological polar surface area (TPSA) is 88.1 Å². The van der Waals surface area contributed by atoms with Gasteiger partial charge in [0.1, 0.15) is 5.84 Å². The molecule has 1 unspecified atom stereocenters. The minimum atomic E-state index is 0.0437. The van der Waals surface area contributed by atoms with Crippen molar-refractivity contribution in [3.8, 4) is 0 Å². The maximum Gasteiger partial charge on any atom is 0.162 e. The van der Waals surface area contributed by atoms with E-state index in [9.17, 15) is 0 Å². The van der Waals surface area contributed by atoms with Crippen molar-refractivity contribution in [2.24, 2.45) is 11.7 Å². The van der Waals surface area contributed by atoms with E-state index in [1.165, 1.54) is 0 Å². The van der Waals surface area contributed by atoms with Crippen molar-refractivity contribution in [3.63, 3.8) is 0 Å². The fraction of sp³-hybridized carbons (Fsp3) is 0.643. The molecule has 1 fully saturated rings. The SMILES string of the molecule is Cc1nnc(N(C)CC2CCCOC2)c(C(=N)N)c1C. The molecule has 1 aromatic rings. The Bertz CT molecular complexity index is 497. The highest BCUT2D eigenvalue weighted by Gasteiger charge is 2.21. The minimum absolute atomic E-state index is 0.0437. The summed E-state index contributed by atoms with van der Waals surface area (Å²) in [5.74, 6) is 1.23. The molecule has 6 nitrogen and oxygen atoms in total. The summed E-state index contributed by atoms with van der Waals surface area (Å²) in [5, 5.41) is 16.2. The monoisotopic (exact) mass is 277 g/mol. The van der Waals surface area contributed by atoms with Crippen molar-refractivity contribution in [3.05, 3.63) is 16.8 Å². The fourth-order valence-corrected chi connectivity index (χ4v) is 2.61. The van der Waals surface area contributed by atoms with Gasteiger partial charge < -0.3 is 15.4 Å². The van der Waals surface area contributed by atoms with Crippen molar-refractivity contribution in [1.29, 1.82) is 5.41 Å². The molecule has 0 radical (unpaired) electrons. The Morgan fingerprint density at radius 2 is 2.20 bits per heavy atom. The van der Waals surface area contributed by atoms with Gasteiger partial charge in [-0.25, -0.2) is 0 Å². The van der Waals surface area contributed by atoms with Gasteiger partial charge in [-0.05, 0) is 38.2 Å². The number of nitrogens with two attached hydrogens (primary N) is 1. The Kier molecular flexibility index (Phi) is 4.54. The smallest absolute Gasteiger partial charge is 0.162 e. The predicted molar refractivity (Wildman–Crippen MR) is 79.3 cm³/mol. The van der Waals surface area contributed by atoms with Crippen LogP contribution < -0.4 is 10.6 Å². The zero-order valence-corrected chi connectivity index (χ0v) is 12.4. The molecule has 2 rings (SSSR count).